The van der Waals surface area contributed by atoms with Gasteiger partial charge in [-0.15, -0.1) is 0 Å². The largest absolute Gasteiger partial charge is 0.490 e. The second-order valence-corrected chi connectivity index (χ2v) is 7.99. The molecule has 0 spiro atoms. The fourth-order valence-electron chi connectivity index (χ4n) is 3.43. The minimum Gasteiger partial charge on any atom is -0.490 e. The summed E-state index contributed by atoms with van der Waals surface area (Å²) in [7, 11) is 0. The molecule has 3 aromatic rings. The van der Waals surface area contributed by atoms with E-state index < -0.39 is 0 Å². The van der Waals surface area contributed by atoms with Gasteiger partial charge in [-0.3, -0.25) is 9.59 Å². The summed E-state index contributed by atoms with van der Waals surface area (Å²) in [4.78, 5) is 31.1. The highest BCUT2D eigenvalue weighted by Crippen LogP contribution is 2.36. The smallest absolute Gasteiger partial charge is 0.244 e. The lowest BCUT2D eigenvalue weighted by molar-refractivity contribution is -0.135. The summed E-state index contributed by atoms with van der Waals surface area (Å²) in [6, 6.07) is 12.3. The van der Waals surface area contributed by atoms with Gasteiger partial charge in [0.1, 0.15) is 19.2 Å². The number of anilines is 1. The van der Waals surface area contributed by atoms with Crippen molar-refractivity contribution in [2.45, 2.75) is 25.8 Å². The summed E-state index contributed by atoms with van der Waals surface area (Å²) in [5.74, 6) is 0.998. The molecule has 172 valence electrons. The summed E-state index contributed by atoms with van der Waals surface area (Å²) in [5, 5.41) is 7.25. The minimum absolute atomic E-state index is 0.0111. The van der Waals surface area contributed by atoms with Crippen LogP contribution >= 0.6 is 11.6 Å². The number of para-hydroxylation sites is 2. The molecule has 0 bridgehead atoms. The van der Waals surface area contributed by atoms with Gasteiger partial charge in [0.2, 0.25) is 11.8 Å². The lowest BCUT2D eigenvalue weighted by Crippen LogP contribution is -2.40. The predicted molar refractivity (Wildman–Crippen MR) is 123 cm³/mol. The lowest BCUT2D eigenvalue weighted by atomic mass is 10.2. The monoisotopic (exact) mass is 469 g/mol. The van der Waals surface area contributed by atoms with Crippen LogP contribution in [0.1, 0.15) is 19.3 Å². The van der Waals surface area contributed by atoms with Crippen molar-refractivity contribution in [1.82, 2.24) is 19.7 Å². The average molecular weight is 470 g/mol. The minimum atomic E-state index is -0.353. The molecule has 2 heterocycles. The van der Waals surface area contributed by atoms with E-state index in [0.717, 1.165) is 19.3 Å². The fraction of sp³-hybridized carbons (Fsp3) is 0.304. The van der Waals surface area contributed by atoms with Crippen molar-refractivity contribution in [3.8, 4) is 17.2 Å². The second-order valence-electron chi connectivity index (χ2n) is 7.55. The van der Waals surface area contributed by atoms with Gasteiger partial charge in [-0.25, -0.2) is 9.67 Å². The van der Waals surface area contributed by atoms with Gasteiger partial charge in [0.25, 0.3) is 0 Å². The molecule has 9 nitrogen and oxygen atoms in total. The third-order valence-corrected chi connectivity index (χ3v) is 5.30. The normalized spacial score (nSPS) is 15.1. The number of carbonyl (C=O) groups excluding carboxylic acids is 2. The molecular formula is C23H24ClN5O4. The van der Waals surface area contributed by atoms with Crippen LogP contribution in [0.2, 0.25) is 5.02 Å². The molecule has 33 heavy (non-hydrogen) atoms. The van der Waals surface area contributed by atoms with Crippen LogP contribution in [0, 0.1) is 0 Å². The number of benzene rings is 2. The van der Waals surface area contributed by atoms with E-state index in [-0.39, 0.29) is 24.9 Å². The molecule has 0 aliphatic carbocycles. The number of aromatic nitrogens is 3. The van der Waals surface area contributed by atoms with Crippen LogP contribution in [0.5, 0.6) is 17.2 Å². The van der Waals surface area contributed by atoms with E-state index in [2.05, 4.69) is 15.4 Å². The van der Waals surface area contributed by atoms with Crippen LogP contribution in [0.15, 0.2) is 55.1 Å². The number of fused-ring (bicyclic) bond motifs is 2. The Morgan fingerprint density at radius 1 is 1.09 bits per heavy atom. The van der Waals surface area contributed by atoms with Crippen LogP contribution in [-0.4, -0.2) is 51.2 Å². The van der Waals surface area contributed by atoms with Gasteiger partial charge in [-0.05, 0) is 49.6 Å². The highest BCUT2D eigenvalue weighted by Gasteiger charge is 2.20. The number of hydrogen-bond donors (Lipinski definition) is 1. The zero-order chi connectivity index (χ0) is 23.0. The molecule has 0 saturated heterocycles. The van der Waals surface area contributed by atoms with Crippen molar-refractivity contribution < 1.29 is 19.1 Å². The van der Waals surface area contributed by atoms with Crippen molar-refractivity contribution in [3.63, 3.8) is 0 Å². The van der Waals surface area contributed by atoms with E-state index in [1.165, 1.54) is 22.2 Å². The molecule has 2 aromatic carbocycles. The number of carbonyl (C=O) groups is 2. The maximum absolute atomic E-state index is 12.9. The zero-order valence-electron chi connectivity index (χ0n) is 17.9. The molecule has 1 aliphatic rings. The summed E-state index contributed by atoms with van der Waals surface area (Å²) < 4.78 is 13.4. The van der Waals surface area contributed by atoms with Gasteiger partial charge in [0, 0.05) is 11.6 Å². The lowest BCUT2D eigenvalue weighted by Gasteiger charge is -2.22. The maximum atomic E-state index is 12.9. The second kappa shape index (κ2) is 10.8. The number of halogens is 1. The molecule has 0 atom stereocenters. The molecule has 0 fully saturated rings. The number of hydrogen-bond acceptors (Lipinski definition) is 6. The van der Waals surface area contributed by atoms with Crippen molar-refractivity contribution in [2.75, 3.05) is 25.0 Å². The first-order valence-corrected chi connectivity index (χ1v) is 11.1. The summed E-state index contributed by atoms with van der Waals surface area (Å²) >= 11 is 6.17. The maximum Gasteiger partial charge on any atom is 0.244 e. The van der Waals surface area contributed by atoms with Crippen LogP contribution in [0.4, 0.5) is 5.69 Å². The van der Waals surface area contributed by atoms with Gasteiger partial charge in [0.15, 0.2) is 17.2 Å². The highest BCUT2D eigenvalue weighted by molar-refractivity contribution is 6.31. The fourth-order valence-corrected chi connectivity index (χ4v) is 3.60. The number of ether oxygens (including phenoxy) is 2. The Morgan fingerprint density at radius 3 is 2.76 bits per heavy atom. The Labute approximate surface area is 196 Å². The van der Waals surface area contributed by atoms with E-state index in [1.807, 2.05) is 18.2 Å². The molecule has 2 amide bonds. The Hall–Kier alpha value is -3.59. The molecule has 0 saturated carbocycles. The van der Waals surface area contributed by atoms with E-state index in [9.17, 15) is 9.59 Å². The molecular weight excluding hydrogens is 446 g/mol. The first kappa shape index (κ1) is 22.6. The standard InChI is InChI=1S/C23H24ClN5O4/c24-17-8-9-19-18(12-17)27-22(30)13-28(23(31)14-29-16-25-15-26-29)10-4-1-5-11-32-20-6-2-3-7-21(20)33-19/h2-3,6-9,12,15-16H,1,4-5,10-11,13-14H2,(H,27,30). The molecule has 1 aliphatic heterocycles. The van der Waals surface area contributed by atoms with Gasteiger partial charge >= 0.3 is 0 Å². The number of nitrogens with zero attached hydrogens (tertiary/aromatic N) is 4. The summed E-state index contributed by atoms with van der Waals surface area (Å²) in [6.45, 7) is 0.859. The van der Waals surface area contributed by atoms with Crippen LogP contribution in [-0.2, 0) is 16.1 Å². The van der Waals surface area contributed by atoms with E-state index >= 15 is 0 Å². The Bertz CT molecular complexity index is 1110. The molecule has 1 aromatic heterocycles. The SMILES string of the molecule is O=C1CN(C(=O)Cn2cncn2)CCCCCOc2ccccc2Oc2ccc(Cl)cc2N1. The first-order chi connectivity index (χ1) is 16.1. The predicted octanol–water partition coefficient (Wildman–Crippen LogP) is 3.75. The molecule has 10 heteroatoms. The number of nitrogens with one attached hydrogen (secondary N) is 1. The van der Waals surface area contributed by atoms with E-state index in [0.29, 0.717) is 41.1 Å². The highest BCUT2D eigenvalue weighted by atomic mass is 35.5. The Balaban J connectivity index is 1.57. The van der Waals surface area contributed by atoms with Crippen molar-refractivity contribution in [2.24, 2.45) is 0 Å². The Kier molecular flexibility index (Phi) is 7.41. The summed E-state index contributed by atoms with van der Waals surface area (Å²) in [5.41, 5.74) is 0.404. The topological polar surface area (TPSA) is 98.6 Å². The average Bonchev–Trinajstić information content (AvgIpc) is 3.30. The molecule has 4 rings (SSSR count). The van der Waals surface area contributed by atoms with Gasteiger partial charge < -0.3 is 19.7 Å². The molecule has 1 N–H and O–H groups in total. The van der Waals surface area contributed by atoms with Crippen molar-refractivity contribution in [3.05, 3.63) is 60.1 Å². The van der Waals surface area contributed by atoms with Crippen LogP contribution in [0.25, 0.3) is 0 Å². The van der Waals surface area contributed by atoms with Gasteiger partial charge in [-0.2, -0.15) is 5.10 Å². The van der Waals surface area contributed by atoms with Crippen LogP contribution < -0.4 is 14.8 Å². The Morgan fingerprint density at radius 2 is 1.94 bits per heavy atom. The van der Waals surface area contributed by atoms with E-state index in [1.54, 1.807) is 24.3 Å². The van der Waals surface area contributed by atoms with Crippen molar-refractivity contribution in [1.29, 1.82) is 0 Å². The quantitative estimate of drug-likeness (QED) is 0.613. The molecule has 0 radical (unpaired) electrons. The summed E-state index contributed by atoms with van der Waals surface area (Å²) in [6.07, 6.45) is 5.21. The van der Waals surface area contributed by atoms with E-state index in [4.69, 9.17) is 21.1 Å². The third kappa shape index (κ3) is 6.23. The first-order valence-electron chi connectivity index (χ1n) is 10.7. The van der Waals surface area contributed by atoms with Crippen LogP contribution in [0.3, 0.4) is 0 Å². The number of rotatable bonds is 2. The zero-order valence-corrected chi connectivity index (χ0v) is 18.7. The van der Waals surface area contributed by atoms with Gasteiger partial charge in [0.05, 0.1) is 18.8 Å². The molecule has 0 unspecified atom stereocenters. The van der Waals surface area contributed by atoms with Crippen molar-refractivity contribution >= 4 is 29.1 Å². The van der Waals surface area contributed by atoms with Gasteiger partial charge in [-0.1, -0.05) is 23.7 Å². The number of amides is 2. The third-order valence-electron chi connectivity index (χ3n) is 5.07.